The molecule has 0 bridgehead atoms. The summed E-state index contributed by atoms with van der Waals surface area (Å²) in [4.78, 5) is 0. The van der Waals surface area contributed by atoms with E-state index in [0.717, 1.165) is 24.8 Å². The Morgan fingerprint density at radius 2 is 2.30 bits per heavy atom. The number of aliphatic hydroxyl groups excluding tert-OH is 1. The van der Waals surface area contributed by atoms with Crippen molar-refractivity contribution in [2.75, 3.05) is 0 Å². The van der Waals surface area contributed by atoms with Gasteiger partial charge in [-0.2, -0.15) is 0 Å². The Hall–Kier alpha value is -1.28. The predicted octanol–water partition coefficient (Wildman–Crippen LogP) is 5.18. The molecular weight excluding hydrogens is 248 g/mol. The summed E-state index contributed by atoms with van der Waals surface area (Å²) in [6.45, 7) is 6.43. The minimum absolute atomic E-state index is 0.114. The summed E-state index contributed by atoms with van der Waals surface area (Å²) in [6, 6.07) is 3.66. The van der Waals surface area contributed by atoms with Crippen LogP contribution < -0.4 is 0 Å². The fourth-order valence-corrected chi connectivity index (χ4v) is 2.97. The highest BCUT2D eigenvalue weighted by molar-refractivity contribution is 5.36. The second-order valence-corrected chi connectivity index (χ2v) is 5.71. The van der Waals surface area contributed by atoms with E-state index in [9.17, 15) is 5.11 Å². The molecule has 1 aromatic heterocycles. The van der Waals surface area contributed by atoms with Gasteiger partial charge in [-0.25, -0.2) is 0 Å². The van der Waals surface area contributed by atoms with Gasteiger partial charge < -0.3 is 9.52 Å². The van der Waals surface area contributed by atoms with Crippen molar-refractivity contribution in [1.82, 2.24) is 0 Å². The molecule has 1 heterocycles. The van der Waals surface area contributed by atoms with Gasteiger partial charge in [0, 0.05) is 5.92 Å². The average Bonchev–Trinajstić information content (AvgIpc) is 3.09. The Morgan fingerprint density at radius 1 is 1.45 bits per heavy atom. The second kappa shape index (κ2) is 7.49. The molecule has 0 amide bonds. The van der Waals surface area contributed by atoms with Crippen LogP contribution in [-0.4, -0.2) is 5.11 Å². The van der Waals surface area contributed by atoms with Crippen molar-refractivity contribution in [2.24, 2.45) is 5.92 Å². The quantitative estimate of drug-likeness (QED) is 0.695. The molecule has 1 fully saturated rings. The van der Waals surface area contributed by atoms with E-state index in [4.69, 9.17) is 4.42 Å². The van der Waals surface area contributed by atoms with Crippen LogP contribution in [0.2, 0.25) is 0 Å². The number of furan rings is 1. The summed E-state index contributed by atoms with van der Waals surface area (Å²) in [5.41, 5.74) is 2.45. The van der Waals surface area contributed by atoms with E-state index in [-0.39, 0.29) is 5.92 Å². The van der Waals surface area contributed by atoms with E-state index < -0.39 is 6.10 Å². The molecule has 0 saturated heterocycles. The largest absolute Gasteiger partial charge is 0.467 e. The monoisotopic (exact) mass is 274 g/mol. The highest BCUT2D eigenvalue weighted by Crippen LogP contribution is 2.42. The molecule has 1 aliphatic carbocycles. The molecule has 1 N–H and O–H groups in total. The van der Waals surface area contributed by atoms with Gasteiger partial charge in [0.05, 0.1) is 6.26 Å². The van der Waals surface area contributed by atoms with Crippen molar-refractivity contribution in [2.45, 2.75) is 58.0 Å². The predicted molar refractivity (Wildman–Crippen MR) is 82.4 cm³/mol. The highest BCUT2D eigenvalue weighted by Gasteiger charge is 2.31. The van der Waals surface area contributed by atoms with E-state index in [0.29, 0.717) is 5.76 Å². The second-order valence-electron chi connectivity index (χ2n) is 5.71. The number of rotatable bonds is 7. The van der Waals surface area contributed by atoms with Gasteiger partial charge in [-0.15, -0.1) is 0 Å². The molecule has 2 atom stereocenters. The maximum atomic E-state index is 10.4. The van der Waals surface area contributed by atoms with Crippen molar-refractivity contribution < 1.29 is 9.52 Å². The lowest BCUT2D eigenvalue weighted by molar-refractivity contribution is 0.105. The van der Waals surface area contributed by atoms with Crippen molar-refractivity contribution >= 4 is 0 Å². The van der Waals surface area contributed by atoms with Crippen LogP contribution in [0, 0.1) is 5.92 Å². The van der Waals surface area contributed by atoms with E-state index in [1.165, 1.54) is 31.3 Å². The molecule has 1 aliphatic rings. The SMILES string of the molecule is C=C1/C(=C/CCCCCC)CC[C@H]1[C@@H](O)c1ccco1. The van der Waals surface area contributed by atoms with Crippen LogP contribution in [0.25, 0.3) is 0 Å². The molecule has 0 unspecified atom stereocenters. The first-order valence-electron chi connectivity index (χ1n) is 7.83. The lowest BCUT2D eigenvalue weighted by atomic mass is 9.94. The summed E-state index contributed by atoms with van der Waals surface area (Å²) in [6.07, 6.45) is 11.7. The highest BCUT2D eigenvalue weighted by atomic mass is 16.4. The van der Waals surface area contributed by atoms with Gasteiger partial charge in [0.1, 0.15) is 11.9 Å². The number of unbranched alkanes of at least 4 members (excludes halogenated alkanes) is 4. The van der Waals surface area contributed by atoms with Gasteiger partial charge in [0.15, 0.2) is 0 Å². The molecule has 0 aliphatic heterocycles. The first kappa shape index (κ1) is 15.1. The molecular formula is C18H26O2. The maximum Gasteiger partial charge on any atom is 0.132 e. The first-order valence-corrected chi connectivity index (χ1v) is 7.83. The van der Waals surface area contributed by atoms with Crippen molar-refractivity contribution in [3.8, 4) is 0 Å². The first-order chi connectivity index (χ1) is 9.74. The van der Waals surface area contributed by atoms with Crippen LogP contribution in [0.5, 0.6) is 0 Å². The van der Waals surface area contributed by atoms with E-state index >= 15 is 0 Å². The zero-order valence-electron chi connectivity index (χ0n) is 12.5. The van der Waals surface area contributed by atoms with E-state index in [1.54, 1.807) is 6.26 Å². The fourth-order valence-electron chi connectivity index (χ4n) is 2.97. The minimum atomic E-state index is -0.552. The summed E-state index contributed by atoms with van der Waals surface area (Å²) < 4.78 is 5.31. The van der Waals surface area contributed by atoms with E-state index in [2.05, 4.69) is 19.6 Å². The number of hydrogen-bond acceptors (Lipinski definition) is 2. The lowest BCUT2D eigenvalue weighted by Gasteiger charge is -2.16. The summed E-state index contributed by atoms with van der Waals surface area (Å²) in [5.74, 6) is 0.767. The third-order valence-corrected chi connectivity index (χ3v) is 4.25. The van der Waals surface area contributed by atoms with Gasteiger partial charge in [-0.05, 0) is 49.0 Å². The maximum absolute atomic E-state index is 10.4. The molecule has 2 nitrogen and oxygen atoms in total. The Kier molecular flexibility index (Phi) is 5.66. The molecule has 20 heavy (non-hydrogen) atoms. The van der Waals surface area contributed by atoms with E-state index in [1.807, 2.05) is 12.1 Å². The smallest absolute Gasteiger partial charge is 0.132 e. The molecule has 0 radical (unpaired) electrons. The molecule has 2 rings (SSSR count). The molecule has 0 spiro atoms. The van der Waals surface area contributed by atoms with Crippen LogP contribution in [0.4, 0.5) is 0 Å². The Balaban J connectivity index is 1.87. The molecule has 110 valence electrons. The fraction of sp³-hybridized carbons (Fsp3) is 0.556. The molecule has 2 heteroatoms. The number of allylic oxidation sites excluding steroid dienone is 2. The lowest BCUT2D eigenvalue weighted by Crippen LogP contribution is -2.09. The summed E-state index contributed by atoms with van der Waals surface area (Å²) in [5, 5.41) is 10.4. The Labute approximate surface area is 122 Å². The van der Waals surface area contributed by atoms with Crippen LogP contribution >= 0.6 is 0 Å². The molecule has 1 aromatic rings. The normalized spacial score (nSPS) is 22.6. The zero-order valence-corrected chi connectivity index (χ0v) is 12.5. The van der Waals surface area contributed by atoms with Crippen molar-refractivity contribution in [1.29, 1.82) is 0 Å². The Morgan fingerprint density at radius 3 is 3.00 bits per heavy atom. The molecule has 0 aromatic carbocycles. The molecule has 1 saturated carbocycles. The number of hydrogen-bond donors (Lipinski definition) is 1. The van der Waals surface area contributed by atoms with Crippen LogP contribution in [0.1, 0.15) is 63.7 Å². The number of aliphatic hydroxyl groups is 1. The van der Waals surface area contributed by atoms with Gasteiger partial charge in [-0.1, -0.05) is 38.8 Å². The summed E-state index contributed by atoms with van der Waals surface area (Å²) >= 11 is 0. The van der Waals surface area contributed by atoms with Crippen LogP contribution in [0.3, 0.4) is 0 Å². The topological polar surface area (TPSA) is 33.4 Å². The zero-order chi connectivity index (χ0) is 14.4. The van der Waals surface area contributed by atoms with Gasteiger partial charge >= 0.3 is 0 Å². The minimum Gasteiger partial charge on any atom is -0.467 e. The van der Waals surface area contributed by atoms with Crippen molar-refractivity contribution in [3.63, 3.8) is 0 Å². The van der Waals surface area contributed by atoms with Crippen LogP contribution in [0.15, 0.2) is 46.6 Å². The standard InChI is InChI=1S/C18H26O2/c1-3-4-5-6-7-9-15-11-12-16(14(15)2)18(19)17-10-8-13-20-17/h8-10,13,16,18-19H,2-7,11-12H2,1H3/b15-9+/t16-,18-/m1/s1. The van der Waals surface area contributed by atoms with Gasteiger partial charge in [0.2, 0.25) is 0 Å². The Bertz CT molecular complexity index is 442. The summed E-state index contributed by atoms with van der Waals surface area (Å²) in [7, 11) is 0. The van der Waals surface area contributed by atoms with Gasteiger partial charge in [0.25, 0.3) is 0 Å². The van der Waals surface area contributed by atoms with Gasteiger partial charge in [-0.3, -0.25) is 0 Å². The third-order valence-electron chi connectivity index (χ3n) is 4.25. The van der Waals surface area contributed by atoms with Crippen molar-refractivity contribution in [3.05, 3.63) is 48.0 Å². The van der Waals surface area contributed by atoms with Crippen LogP contribution in [-0.2, 0) is 0 Å². The third kappa shape index (κ3) is 3.63. The average molecular weight is 274 g/mol.